The molecule has 3 aromatic carbocycles. The number of carbonyl (C=O) groups is 1. The molecule has 41 heavy (non-hydrogen) atoms. The van der Waals surface area contributed by atoms with Gasteiger partial charge >= 0.3 is 0 Å². The van der Waals surface area contributed by atoms with Crippen LogP contribution in [-0.2, 0) is 42.1 Å². The Morgan fingerprint density at radius 3 is 2.51 bits per heavy atom. The first-order chi connectivity index (χ1) is 19.5. The summed E-state index contributed by atoms with van der Waals surface area (Å²) in [5.74, 6) is -0.847. The summed E-state index contributed by atoms with van der Waals surface area (Å²) in [5.41, 5.74) is 5.18. The molecule has 1 aliphatic carbocycles. The predicted octanol–water partition coefficient (Wildman–Crippen LogP) is 4.77. The van der Waals surface area contributed by atoms with Crippen LogP contribution in [-0.4, -0.2) is 51.7 Å². The molecule has 0 spiro atoms. The first-order valence-electron chi connectivity index (χ1n) is 14.2. The third-order valence-electron chi connectivity index (χ3n) is 9.32. The van der Waals surface area contributed by atoms with Crippen LogP contribution < -0.4 is 0 Å². The van der Waals surface area contributed by atoms with E-state index in [9.17, 15) is 26.0 Å². The molecule has 0 saturated carbocycles. The highest BCUT2D eigenvalue weighted by Gasteiger charge is 2.60. The van der Waals surface area contributed by atoms with Crippen molar-refractivity contribution in [3.05, 3.63) is 100 Å². The topological polar surface area (TPSA) is 88.6 Å². The molecule has 2 fully saturated rings. The molecule has 6 rings (SSSR count). The maximum Gasteiger partial charge on any atom is 0.223 e. The second kappa shape index (κ2) is 10.3. The van der Waals surface area contributed by atoms with Crippen molar-refractivity contribution >= 4 is 25.6 Å². The van der Waals surface area contributed by atoms with Crippen molar-refractivity contribution in [1.82, 2.24) is 4.90 Å². The van der Waals surface area contributed by atoms with Gasteiger partial charge in [-0.2, -0.15) is 0 Å². The summed E-state index contributed by atoms with van der Waals surface area (Å²) in [6.45, 7) is 2.35. The Labute approximate surface area is 241 Å². The van der Waals surface area contributed by atoms with Crippen LogP contribution in [0, 0.1) is 18.7 Å². The number of aryl methyl sites for hydroxylation is 2. The van der Waals surface area contributed by atoms with Crippen LogP contribution in [0.15, 0.2) is 71.6 Å². The van der Waals surface area contributed by atoms with Crippen LogP contribution in [0.1, 0.15) is 53.5 Å². The van der Waals surface area contributed by atoms with E-state index in [1.54, 1.807) is 4.90 Å². The van der Waals surface area contributed by atoms with Gasteiger partial charge in [0.25, 0.3) is 0 Å². The summed E-state index contributed by atoms with van der Waals surface area (Å²) in [5, 5.41) is 0. The number of hydrogen-bond donors (Lipinski definition) is 0. The molecule has 2 aliphatic heterocycles. The lowest BCUT2D eigenvalue weighted by Crippen LogP contribution is -2.52. The number of halogens is 1. The maximum absolute atomic E-state index is 14.5. The lowest BCUT2D eigenvalue weighted by molar-refractivity contribution is -0.133. The van der Waals surface area contributed by atoms with Gasteiger partial charge in [-0.3, -0.25) is 4.79 Å². The zero-order valence-corrected chi connectivity index (χ0v) is 24.7. The molecule has 216 valence electrons. The molecule has 2 heterocycles. The zero-order valence-electron chi connectivity index (χ0n) is 23.1. The molecule has 0 aromatic heterocycles. The van der Waals surface area contributed by atoms with Gasteiger partial charge in [0.05, 0.1) is 22.4 Å². The smallest absolute Gasteiger partial charge is 0.223 e. The maximum atomic E-state index is 14.5. The molecule has 2 saturated heterocycles. The van der Waals surface area contributed by atoms with E-state index >= 15 is 0 Å². The van der Waals surface area contributed by atoms with Crippen molar-refractivity contribution in [1.29, 1.82) is 0 Å². The molecule has 0 N–H and O–H groups in total. The van der Waals surface area contributed by atoms with Crippen molar-refractivity contribution in [2.24, 2.45) is 5.92 Å². The molecule has 3 atom stereocenters. The average molecular weight is 596 g/mol. The van der Waals surface area contributed by atoms with E-state index in [0.717, 1.165) is 29.7 Å². The monoisotopic (exact) mass is 595 g/mol. The Morgan fingerprint density at radius 2 is 1.80 bits per heavy atom. The summed E-state index contributed by atoms with van der Waals surface area (Å²) in [7, 11) is -7.17. The van der Waals surface area contributed by atoms with E-state index in [4.69, 9.17) is 0 Å². The number of likely N-dealkylation sites (tertiary alicyclic amines) is 1. The number of benzene rings is 3. The predicted molar refractivity (Wildman–Crippen MR) is 156 cm³/mol. The molecule has 9 heteroatoms. The zero-order chi connectivity index (χ0) is 29.0. The average Bonchev–Trinajstić information content (AvgIpc) is 3.50. The standard InChI is InChI=1S/C32H34FNO5S2/c1-22-4-2-3-5-25(22)18-23-6-12-29-26(19-23)7-13-30-32(29,41(38,39)28-10-8-27(33)9-11-28)15-16-34(30)31(35)20-24-14-17-40(36,37)21-24/h2-6,8-12,19,24,30H,7,13-18,20-21H2,1H3/t24?,30-,32-/m1/s1. The highest BCUT2D eigenvalue weighted by molar-refractivity contribution is 7.92. The summed E-state index contributed by atoms with van der Waals surface area (Å²) in [4.78, 5) is 15.3. The fourth-order valence-electron chi connectivity index (χ4n) is 7.24. The summed E-state index contributed by atoms with van der Waals surface area (Å²) in [6.07, 6.45) is 2.63. The van der Waals surface area contributed by atoms with Crippen LogP contribution in [0.3, 0.4) is 0 Å². The largest absolute Gasteiger partial charge is 0.338 e. The number of hydrogen-bond acceptors (Lipinski definition) is 5. The minimum Gasteiger partial charge on any atom is -0.338 e. The van der Waals surface area contributed by atoms with Crippen LogP contribution in [0.2, 0.25) is 0 Å². The number of sulfone groups is 2. The molecule has 0 radical (unpaired) electrons. The van der Waals surface area contributed by atoms with Crippen molar-refractivity contribution in [2.45, 2.75) is 61.1 Å². The van der Waals surface area contributed by atoms with E-state index in [1.165, 1.54) is 23.3 Å². The number of carbonyl (C=O) groups excluding carboxylic acids is 1. The van der Waals surface area contributed by atoms with Crippen LogP contribution >= 0.6 is 0 Å². The fraction of sp³-hybridized carbons (Fsp3) is 0.406. The third-order valence-corrected chi connectivity index (χ3v) is 13.7. The first-order valence-corrected chi connectivity index (χ1v) is 17.5. The molecule has 0 bridgehead atoms. The molecule has 1 amide bonds. The third kappa shape index (κ3) is 4.91. The van der Waals surface area contributed by atoms with Crippen LogP contribution in [0.5, 0.6) is 0 Å². The number of nitrogens with zero attached hydrogens (tertiary/aromatic N) is 1. The van der Waals surface area contributed by atoms with Gasteiger partial charge in [0.2, 0.25) is 5.91 Å². The lowest BCUT2D eigenvalue weighted by atomic mass is 9.77. The van der Waals surface area contributed by atoms with Crippen molar-refractivity contribution in [3.8, 4) is 0 Å². The second-order valence-corrected chi connectivity index (χ2v) is 16.2. The molecular formula is C32H34FNO5S2. The molecule has 3 aliphatic rings. The minimum atomic E-state index is -4.04. The quantitative estimate of drug-likeness (QED) is 0.384. The van der Waals surface area contributed by atoms with Crippen molar-refractivity contribution in [3.63, 3.8) is 0 Å². The van der Waals surface area contributed by atoms with Gasteiger partial charge in [0.1, 0.15) is 10.6 Å². The Hall–Kier alpha value is -3.04. The van der Waals surface area contributed by atoms with Gasteiger partial charge in [0, 0.05) is 13.0 Å². The normalized spacial score (nSPS) is 25.1. The number of rotatable bonds is 6. The Kier molecular flexibility index (Phi) is 7.09. The van der Waals surface area contributed by atoms with E-state index in [1.807, 2.05) is 24.3 Å². The SMILES string of the molecule is Cc1ccccc1Cc1ccc2c(c1)CC[C@H]1N(C(=O)CC3CCS(=O)(=O)C3)CC[C@@]21S(=O)(=O)c1ccc(F)cc1. The van der Waals surface area contributed by atoms with E-state index in [0.29, 0.717) is 24.8 Å². The van der Waals surface area contributed by atoms with Crippen molar-refractivity contribution < 1.29 is 26.0 Å². The van der Waals surface area contributed by atoms with E-state index < -0.39 is 36.3 Å². The van der Waals surface area contributed by atoms with E-state index in [-0.39, 0.29) is 47.6 Å². The first kappa shape index (κ1) is 28.1. The molecule has 6 nitrogen and oxygen atoms in total. The summed E-state index contributed by atoms with van der Waals surface area (Å²) >= 11 is 0. The molecule has 1 unspecified atom stereocenters. The van der Waals surface area contributed by atoms with Gasteiger partial charge in [-0.25, -0.2) is 21.2 Å². The number of fused-ring (bicyclic) bond motifs is 3. The highest BCUT2D eigenvalue weighted by atomic mass is 32.2. The molecular weight excluding hydrogens is 561 g/mol. The van der Waals surface area contributed by atoms with Gasteiger partial charge in [-0.05, 0) is 97.0 Å². The van der Waals surface area contributed by atoms with Crippen LogP contribution in [0.25, 0.3) is 0 Å². The lowest BCUT2D eigenvalue weighted by Gasteiger charge is -2.43. The van der Waals surface area contributed by atoms with Crippen LogP contribution in [0.4, 0.5) is 4.39 Å². The Bertz CT molecular complexity index is 1720. The van der Waals surface area contributed by atoms with E-state index in [2.05, 4.69) is 25.1 Å². The Balaban J connectivity index is 1.40. The fourth-order valence-corrected chi connectivity index (χ4v) is 11.5. The summed E-state index contributed by atoms with van der Waals surface area (Å²) < 4.78 is 65.5. The van der Waals surface area contributed by atoms with Crippen molar-refractivity contribution in [2.75, 3.05) is 18.1 Å². The molecule has 3 aromatic rings. The van der Waals surface area contributed by atoms with Gasteiger partial charge in [-0.1, -0.05) is 42.5 Å². The Morgan fingerprint density at radius 1 is 1.05 bits per heavy atom. The van der Waals surface area contributed by atoms with Gasteiger partial charge < -0.3 is 4.90 Å². The number of amides is 1. The van der Waals surface area contributed by atoms with Gasteiger partial charge in [-0.15, -0.1) is 0 Å². The summed E-state index contributed by atoms with van der Waals surface area (Å²) in [6, 6.07) is 18.6. The van der Waals surface area contributed by atoms with Gasteiger partial charge in [0.15, 0.2) is 19.7 Å². The minimum absolute atomic E-state index is 0.00274. The second-order valence-electron chi connectivity index (χ2n) is 11.8. The highest BCUT2D eigenvalue weighted by Crippen LogP contribution is 2.53.